The lowest BCUT2D eigenvalue weighted by Crippen LogP contribution is -2.43. The highest BCUT2D eigenvalue weighted by atomic mass is 19.4. The van der Waals surface area contributed by atoms with Gasteiger partial charge in [0.15, 0.2) is 5.69 Å². The van der Waals surface area contributed by atoms with E-state index in [9.17, 15) is 18.0 Å². The summed E-state index contributed by atoms with van der Waals surface area (Å²) >= 11 is 0. The quantitative estimate of drug-likeness (QED) is 0.893. The van der Waals surface area contributed by atoms with Gasteiger partial charge in [-0.3, -0.25) is 9.89 Å². The molecule has 2 rings (SSSR count). The van der Waals surface area contributed by atoms with E-state index in [4.69, 9.17) is 5.73 Å². The molecule has 21 heavy (non-hydrogen) atoms. The normalized spacial score (nSPS) is 21.4. The number of piperidine rings is 1. The number of nitrogens with one attached hydrogen (secondary N) is 1. The molecule has 1 aliphatic rings. The predicted molar refractivity (Wildman–Crippen MR) is 70.4 cm³/mol. The van der Waals surface area contributed by atoms with Crippen molar-refractivity contribution in [1.82, 2.24) is 15.1 Å². The van der Waals surface area contributed by atoms with Crippen LogP contribution in [0.25, 0.3) is 0 Å². The van der Waals surface area contributed by atoms with Gasteiger partial charge in [-0.15, -0.1) is 0 Å². The van der Waals surface area contributed by atoms with Gasteiger partial charge in [0.2, 0.25) is 5.91 Å². The summed E-state index contributed by atoms with van der Waals surface area (Å²) in [4.78, 5) is 13.8. The minimum absolute atomic E-state index is 0.0437. The third-order valence-corrected chi connectivity index (χ3v) is 3.84. The first kappa shape index (κ1) is 15.8. The number of carbonyl (C=O) groups excluding carboxylic acids is 1. The number of aromatic nitrogens is 2. The molecule has 118 valence electrons. The first-order valence-electron chi connectivity index (χ1n) is 6.94. The Morgan fingerprint density at radius 2 is 2.33 bits per heavy atom. The zero-order valence-electron chi connectivity index (χ0n) is 11.8. The summed E-state index contributed by atoms with van der Waals surface area (Å²) in [5.41, 5.74) is 5.00. The van der Waals surface area contributed by atoms with E-state index < -0.39 is 11.9 Å². The van der Waals surface area contributed by atoms with Crippen molar-refractivity contribution in [1.29, 1.82) is 0 Å². The molecule has 2 heterocycles. The lowest BCUT2D eigenvalue weighted by molar-refractivity contribution is -0.141. The van der Waals surface area contributed by atoms with E-state index in [0.29, 0.717) is 18.8 Å². The van der Waals surface area contributed by atoms with Crippen molar-refractivity contribution < 1.29 is 18.0 Å². The minimum atomic E-state index is -4.45. The monoisotopic (exact) mass is 304 g/mol. The van der Waals surface area contributed by atoms with Crippen molar-refractivity contribution in [2.75, 3.05) is 19.6 Å². The average Bonchev–Trinajstić information content (AvgIpc) is 2.95. The van der Waals surface area contributed by atoms with Gasteiger partial charge in [0, 0.05) is 37.2 Å². The van der Waals surface area contributed by atoms with Gasteiger partial charge in [-0.1, -0.05) is 6.92 Å². The largest absolute Gasteiger partial charge is 0.435 e. The second-order valence-electron chi connectivity index (χ2n) is 5.47. The molecule has 1 aromatic rings. The van der Waals surface area contributed by atoms with Crippen LogP contribution in [0.2, 0.25) is 0 Å². The van der Waals surface area contributed by atoms with Crippen LogP contribution in [0, 0.1) is 5.92 Å². The zero-order valence-corrected chi connectivity index (χ0v) is 11.8. The number of halogens is 3. The first-order chi connectivity index (χ1) is 9.82. The van der Waals surface area contributed by atoms with Crippen molar-refractivity contribution in [2.45, 2.75) is 31.9 Å². The van der Waals surface area contributed by atoms with Crippen molar-refractivity contribution in [3.63, 3.8) is 0 Å². The maximum absolute atomic E-state index is 12.6. The van der Waals surface area contributed by atoms with Crippen LogP contribution >= 0.6 is 0 Å². The van der Waals surface area contributed by atoms with E-state index in [1.165, 1.54) is 0 Å². The topological polar surface area (TPSA) is 75.0 Å². The summed E-state index contributed by atoms with van der Waals surface area (Å²) in [5, 5.41) is 5.76. The van der Waals surface area contributed by atoms with Crippen LogP contribution in [0.1, 0.15) is 37.1 Å². The molecule has 1 saturated heterocycles. The van der Waals surface area contributed by atoms with Gasteiger partial charge in [-0.05, 0) is 18.9 Å². The molecule has 1 aliphatic heterocycles. The number of aromatic amines is 1. The van der Waals surface area contributed by atoms with Crippen LogP contribution in [0.15, 0.2) is 6.07 Å². The minimum Gasteiger partial charge on any atom is -0.342 e. The Bertz CT molecular complexity index is 500. The van der Waals surface area contributed by atoms with Gasteiger partial charge >= 0.3 is 6.18 Å². The summed E-state index contributed by atoms with van der Waals surface area (Å²) < 4.78 is 37.7. The Balaban J connectivity index is 2.07. The van der Waals surface area contributed by atoms with Gasteiger partial charge in [0.25, 0.3) is 0 Å². The molecular formula is C13H19F3N4O. The molecule has 2 unspecified atom stereocenters. The lowest BCUT2D eigenvalue weighted by Gasteiger charge is -2.33. The molecule has 2 atom stereocenters. The Kier molecular flexibility index (Phi) is 4.55. The summed E-state index contributed by atoms with van der Waals surface area (Å²) in [7, 11) is 0. The van der Waals surface area contributed by atoms with Gasteiger partial charge in [0.1, 0.15) is 0 Å². The number of H-pyrrole nitrogens is 1. The molecule has 0 radical (unpaired) electrons. The van der Waals surface area contributed by atoms with Gasteiger partial charge in [0.05, 0.1) is 0 Å². The van der Waals surface area contributed by atoms with Crippen LogP contribution in [-0.2, 0) is 11.0 Å². The zero-order chi connectivity index (χ0) is 15.6. The highest BCUT2D eigenvalue weighted by Gasteiger charge is 2.35. The van der Waals surface area contributed by atoms with Crippen LogP contribution in [0.5, 0.6) is 0 Å². The maximum atomic E-state index is 12.6. The molecule has 1 amide bonds. The highest BCUT2D eigenvalue weighted by Crippen LogP contribution is 2.32. The summed E-state index contributed by atoms with van der Waals surface area (Å²) in [6, 6.07) is 1.03. The number of hydrogen-bond acceptors (Lipinski definition) is 3. The number of nitrogens with zero attached hydrogens (tertiary/aromatic N) is 2. The number of amides is 1. The molecular weight excluding hydrogens is 285 g/mol. The molecule has 8 heteroatoms. The van der Waals surface area contributed by atoms with E-state index in [2.05, 4.69) is 10.2 Å². The third kappa shape index (κ3) is 3.55. The van der Waals surface area contributed by atoms with E-state index in [1.54, 1.807) is 11.8 Å². The second-order valence-corrected chi connectivity index (χ2v) is 5.47. The molecule has 1 fully saturated rings. The Hall–Kier alpha value is -1.57. The average molecular weight is 304 g/mol. The number of rotatable bonds is 3. The third-order valence-electron chi connectivity index (χ3n) is 3.84. The summed E-state index contributed by atoms with van der Waals surface area (Å²) in [6.07, 6.45) is -2.96. The number of alkyl halides is 3. The van der Waals surface area contributed by atoms with Gasteiger partial charge < -0.3 is 10.6 Å². The van der Waals surface area contributed by atoms with Gasteiger partial charge in [-0.25, -0.2) is 0 Å². The van der Waals surface area contributed by atoms with E-state index in [1.807, 2.05) is 0 Å². The smallest absolute Gasteiger partial charge is 0.342 e. The molecule has 3 N–H and O–H groups in total. The molecule has 0 spiro atoms. The van der Waals surface area contributed by atoms with Gasteiger partial charge in [-0.2, -0.15) is 18.3 Å². The van der Waals surface area contributed by atoms with Crippen LogP contribution in [0.4, 0.5) is 13.2 Å². The number of likely N-dealkylation sites (tertiary alicyclic amines) is 1. The molecule has 0 aliphatic carbocycles. The molecule has 0 aromatic carbocycles. The van der Waals surface area contributed by atoms with E-state index in [-0.39, 0.29) is 24.3 Å². The van der Waals surface area contributed by atoms with Crippen LogP contribution < -0.4 is 5.73 Å². The molecule has 0 bridgehead atoms. The van der Waals surface area contributed by atoms with Crippen LogP contribution in [0.3, 0.4) is 0 Å². The predicted octanol–water partition coefficient (Wildman–Crippen LogP) is 1.73. The van der Waals surface area contributed by atoms with E-state index in [0.717, 1.165) is 18.9 Å². The fraction of sp³-hybridized carbons (Fsp3) is 0.692. The maximum Gasteiger partial charge on any atom is 0.435 e. The van der Waals surface area contributed by atoms with Crippen molar-refractivity contribution in [3.05, 3.63) is 17.5 Å². The molecule has 0 saturated carbocycles. The molecule has 5 nitrogen and oxygen atoms in total. The summed E-state index contributed by atoms with van der Waals surface area (Å²) in [6.45, 7) is 3.05. The first-order valence-corrected chi connectivity index (χ1v) is 6.94. The standard InChI is InChI=1S/C13H19F3N4O/c1-8(6-17)12(21)20-4-2-3-9(7-20)10-5-11(19-18-10)13(14,15)16/h5,8-9H,2-4,6-7,17H2,1H3,(H,18,19). The Labute approximate surface area is 120 Å². The summed E-state index contributed by atoms with van der Waals surface area (Å²) in [5.74, 6) is -0.453. The lowest BCUT2D eigenvalue weighted by atomic mass is 9.93. The Morgan fingerprint density at radius 3 is 2.90 bits per heavy atom. The fourth-order valence-electron chi connectivity index (χ4n) is 2.53. The number of nitrogens with two attached hydrogens (primary N) is 1. The Morgan fingerprint density at radius 1 is 1.62 bits per heavy atom. The fourth-order valence-corrected chi connectivity index (χ4v) is 2.53. The van der Waals surface area contributed by atoms with Crippen molar-refractivity contribution in [3.8, 4) is 0 Å². The SMILES string of the molecule is CC(CN)C(=O)N1CCCC(c2cc(C(F)(F)F)n[nH]2)C1. The van der Waals surface area contributed by atoms with Crippen LogP contribution in [-0.4, -0.2) is 40.6 Å². The number of hydrogen-bond donors (Lipinski definition) is 2. The highest BCUT2D eigenvalue weighted by molar-refractivity contribution is 5.78. The van der Waals surface area contributed by atoms with Crippen molar-refractivity contribution >= 4 is 5.91 Å². The van der Waals surface area contributed by atoms with E-state index >= 15 is 0 Å². The molecule has 1 aromatic heterocycles. The van der Waals surface area contributed by atoms with Crippen molar-refractivity contribution in [2.24, 2.45) is 11.7 Å². The second kappa shape index (κ2) is 6.05. The number of carbonyl (C=O) groups is 1.